The Hall–Kier alpha value is -4.50. The van der Waals surface area contributed by atoms with Crippen molar-refractivity contribution in [1.82, 2.24) is 5.32 Å². The van der Waals surface area contributed by atoms with Gasteiger partial charge in [0.05, 0.1) is 4.90 Å². The number of hydrogen-bond donors (Lipinski definition) is 3. The standard InChI is InChI=1S/C28H25N3O5S/c1-18-11-13-22(31-37(35,36)23-14-12-20-9-5-6-10-21(20)16-23)17-24(18)28(34)30-25(26(32)27(29)33)15-19-7-3-2-4-8-19/h2-14,16-17,25,31H,15H2,1H3,(H2,29,33)(H,30,34)/t25-/m0/s1. The number of nitrogens with two attached hydrogens (primary N) is 1. The molecule has 9 heteroatoms. The number of aryl methyl sites for hydroxylation is 1. The lowest BCUT2D eigenvalue weighted by molar-refractivity contribution is -0.137. The van der Waals surface area contributed by atoms with Gasteiger partial charge in [-0.15, -0.1) is 0 Å². The second kappa shape index (κ2) is 10.6. The molecule has 4 aromatic carbocycles. The zero-order valence-corrected chi connectivity index (χ0v) is 20.8. The van der Waals surface area contributed by atoms with Crippen molar-refractivity contribution in [2.24, 2.45) is 5.73 Å². The number of carbonyl (C=O) groups is 3. The normalized spacial score (nSPS) is 12.0. The molecule has 0 heterocycles. The molecule has 4 N–H and O–H groups in total. The van der Waals surface area contributed by atoms with Gasteiger partial charge < -0.3 is 11.1 Å². The fourth-order valence-corrected chi connectivity index (χ4v) is 5.03. The summed E-state index contributed by atoms with van der Waals surface area (Å²) in [6.45, 7) is 1.68. The third-order valence-corrected chi connectivity index (χ3v) is 7.29. The molecule has 0 aliphatic rings. The van der Waals surface area contributed by atoms with E-state index in [1.807, 2.05) is 24.3 Å². The van der Waals surface area contributed by atoms with Crippen LogP contribution in [-0.2, 0) is 26.0 Å². The van der Waals surface area contributed by atoms with Crippen LogP contribution in [0.4, 0.5) is 5.69 Å². The van der Waals surface area contributed by atoms with Crippen molar-refractivity contribution in [2.75, 3.05) is 4.72 Å². The Balaban J connectivity index is 1.58. The minimum atomic E-state index is -3.95. The van der Waals surface area contributed by atoms with Gasteiger partial charge in [-0.1, -0.05) is 66.7 Å². The van der Waals surface area contributed by atoms with E-state index in [-0.39, 0.29) is 22.6 Å². The number of nitrogens with one attached hydrogen (secondary N) is 2. The van der Waals surface area contributed by atoms with Crippen LogP contribution in [0.25, 0.3) is 10.8 Å². The molecule has 1 atom stereocenters. The molecule has 0 saturated carbocycles. The van der Waals surface area contributed by atoms with Crippen molar-refractivity contribution in [3.63, 3.8) is 0 Å². The van der Waals surface area contributed by atoms with Gasteiger partial charge in [0.15, 0.2) is 0 Å². The Bertz CT molecular complexity index is 1600. The summed E-state index contributed by atoms with van der Waals surface area (Å²) < 4.78 is 28.6. The number of fused-ring (bicyclic) bond motifs is 1. The Morgan fingerprint density at radius 3 is 2.22 bits per heavy atom. The van der Waals surface area contributed by atoms with E-state index in [2.05, 4.69) is 10.0 Å². The largest absolute Gasteiger partial charge is 0.363 e. The zero-order chi connectivity index (χ0) is 26.6. The molecule has 2 amide bonds. The number of carbonyl (C=O) groups excluding carboxylic acids is 3. The summed E-state index contributed by atoms with van der Waals surface area (Å²) >= 11 is 0. The lowest BCUT2D eigenvalue weighted by Gasteiger charge is -2.18. The molecular weight excluding hydrogens is 490 g/mol. The van der Waals surface area contributed by atoms with Gasteiger partial charge in [0, 0.05) is 17.7 Å². The highest BCUT2D eigenvalue weighted by atomic mass is 32.2. The molecule has 0 saturated heterocycles. The van der Waals surface area contributed by atoms with Crippen LogP contribution < -0.4 is 15.8 Å². The molecule has 0 radical (unpaired) electrons. The van der Waals surface area contributed by atoms with Gasteiger partial charge in [-0.2, -0.15) is 0 Å². The number of benzene rings is 4. The predicted octanol–water partition coefficient (Wildman–Crippen LogP) is 3.34. The number of ketones is 1. The molecule has 8 nitrogen and oxygen atoms in total. The Morgan fingerprint density at radius 1 is 0.838 bits per heavy atom. The second-order valence-electron chi connectivity index (χ2n) is 8.59. The first-order valence-corrected chi connectivity index (χ1v) is 12.9. The number of rotatable bonds is 9. The van der Waals surface area contributed by atoms with Gasteiger partial charge in [-0.3, -0.25) is 19.1 Å². The third-order valence-electron chi connectivity index (χ3n) is 5.91. The van der Waals surface area contributed by atoms with Gasteiger partial charge in [-0.25, -0.2) is 8.42 Å². The Labute approximate surface area is 214 Å². The van der Waals surface area contributed by atoms with Crippen LogP contribution >= 0.6 is 0 Å². The topological polar surface area (TPSA) is 135 Å². The third kappa shape index (κ3) is 6.02. The van der Waals surface area contributed by atoms with E-state index in [0.717, 1.165) is 16.3 Å². The van der Waals surface area contributed by atoms with Crippen LogP contribution in [-0.4, -0.2) is 32.1 Å². The number of amides is 2. The van der Waals surface area contributed by atoms with Crippen LogP contribution in [0, 0.1) is 6.92 Å². The molecule has 0 unspecified atom stereocenters. The first kappa shape index (κ1) is 25.6. The van der Waals surface area contributed by atoms with Crippen molar-refractivity contribution in [2.45, 2.75) is 24.3 Å². The maximum Gasteiger partial charge on any atom is 0.287 e. The van der Waals surface area contributed by atoms with Gasteiger partial charge in [0.2, 0.25) is 5.78 Å². The van der Waals surface area contributed by atoms with E-state index in [9.17, 15) is 22.8 Å². The minimum absolute atomic E-state index is 0.0711. The lowest BCUT2D eigenvalue weighted by atomic mass is 10.0. The van der Waals surface area contributed by atoms with E-state index in [4.69, 9.17) is 5.73 Å². The highest BCUT2D eigenvalue weighted by molar-refractivity contribution is 7.92. The molecule has 0 aliphatic carbocycles. The molecule has 0 spiro atoms. The number of sulfonamides is 1. The molecular formula is C28H25N3O5S. The molecule has 0 aliphatic heterocycles. The summed E-state index contributed by atoms with van der Waals surface area (Å²) in [6, 6.07) is 24.4. The minimum Gasteiger partial charge on any atom is -0.363 e. The second-order valence-corrected chi connectivity index (χ2v) is 10.3. The van der Waals surface area contributed by atoms with Crippen LogP contribution in [0.5, 0.6) is 0 Å². The first-order chi connectivity index (χ1) is 17.6. The molecule has 0 fully saturated rings. The average Bonchev–Trinajstić information content (AvgIpc) is 2.89. The van der Waals surface area contributed by atoms with Crippen LogP contribution in [0.2, 0.25) is 0 Å². The molecule has 4 aromatic rings. The van der Waals surface area contributed by atoms with Crippen LogP contribution in [0.3, 0.4) is 0 Å². The maximum absolute atomic E-state index is 13.1. The summed E-state index contributed by atoms with van der Waals surface area (Å²) in [6.07, 6.45) is 0.0711. The molecule has 37 heavy (non-hydrogen) atoms. The Kier molecular flexibility index (Phi) is 7.35. The lowest BCUT2D eigenvalue weighted by Crippen LogP contribution is -2.47. The van der Waals surface area contributed by atoms with Gasteiger partial charge in [0.25, 0.3) is 21.8 Å². The average molecular weight is 516 g/mol. The number of primary amides is 1. The molecule has 188 valence electrons. The van der Waals surface area contributed by atoms with Crippen molar-refractivity contribution in [1.29, 1.82) is 0 Å². The van der Waals surface area contributed by atoms with Crippen molar-refractivity contribution < 1.29 is 22.8 Å². The smallest absolute Gasteiger partial charge is 0.287 e. The van der Waals surface area contributed by atoms with Gasteiger partial charge >= 0.3 is 0 Å². The summed E-state index contributed by atoms with van der Waals surface area (Å²) in [5.41, 5.74) is 6.80. The van der Waals surface area contributed by atoms with Crippen LogP contribution in [0.15, 0.2) is 95.9 Å². The molecule has 4 rings (SSSR count). The summed E-state index contributed by atoms with van der Waals surface area (Å²) in [7, 11) is -3.95. The van der Waals surface area contributed by atoms with Crippen molar-refractivity contribution in [3.05, 3.63) is 108 Å². The van der Waals surface area contributed by atoms with Gasteiger partial charge in [0.1, 0.15) is 6.04 Å². The van der Waals surface area contributed by atoms with Crippen LogP contribution in [0.1, 0.15) is 21.5 Å². The fraction of sp³-hybridized carbons (Fsp3) is 0.107. The van der Waals surface area contributed by atoms with E-state index >= 15 is 0 Å². The van der Waals surface area contributed by atoms with E-state index in [0.29, 0.717) is 5.56 Å². The highest BCUT2D eigenvalue weighted by Crippen LogP contribution is 2.23. The van der Waals surface area contributed by atoms with E-state index < -0.39 is 33.7 Å². The number of anilines is 1. The number of hydrogen-bond acceptors (Lipinski definition) is 5. The zero-order valence-electron chi connectivity index (χ0n) is 20.0. The number of Topliss-reactive ketones (excluding diaryl/α,β-unsaturated/α-hetero) is 1. The summed E-state index contributed by atoms with van der Waals surface area (Å²) in [5.74, 6) is -2.72. The predicted molar refractivity (Wildman–Crippen MR) is 142 cm³/mol. The quantitative estimate of drug-likeness (QED) is 0.294. The van der Waals surface area contributed by atoms with Gasteiger partial charge in [-0.05, 0) is 53.1 Å². The summed E-state index contributed by atoms with van der Waals surface area (Å²) in [4.78, 5) is 37.2. The monoisotopic (exact) mass is 515 g/mol. The molecule has 0 bridgehead atoms. The fourth-order valence-electron chi connectivity index (χ4n) is 3.95. The van der Waals surface area contributed by atoms with E-state index in [1.54, 1.807) is 61.5 Å². The first-order valence-electron chi connectivity index (χ1n) is 11.4. The SMILES string of the molecule is Cc1ccc(NS(=O)(=O)c2ccc3ccccc3c2)cc1C(=O)N[C@@H](Cc1ccccc1)C(=O)C(N)=O. The Morgan fingerprint density at radius 2 is 1.51 bits per heavy atom. The highest BCUT2D eigenvalue weighted by Gasteiger charge is 2.26. The summed E-state index contributed by atoms with van der Waals surface area (Å²) in [5, 5.41) is 4.26. The van der Waals surface area contributed by atoms with Crippen molar-refractivity contribution in [3.8, 4) is 0 Å². The van der Waals surface area contributed by atoms with Crippen molar-refractivity contribution >= 4 is 44.1 Å². The van der Waals surface area contributed by atoms with E-state index in [1.165, 1.54) is 12.1 Å². The molecule has 0 aromatic heterocycles. The maximum atomic E-state index is 13.1.